The molecule has 0 N–H and O–H groups in total. The first-order chi connectivity index (χ1) is 24.3. The summed E-state index contributed by atoms with van der Waals surface area (Å²) in [5.74, 6) is 2.70. The Labute approximate surface area is 331 Å². The maximum Gasteiger partial charge on any atom is 2.00 e. The number of rotatable bonds is 7. The second-order valence-electron chi connectivity index (χ2n) is 12.6. The molecule has 8 rings (SSSR count). The molecule has 0 atom stereocenters. The third-order valence-corrected chi connectivity index (χ3v) is 8.30. The number of benzene rings is 4. The van der Waals surface area contributed by atoms with Crippen molar-refractivity contribution in [2.24, 2.45) is 0 Å². The van der Waals surface area contributed by atoms with E-state index in [1.807, 2.05) is 112 Å². The molecule has 0 aliphatic heterocycles. The van der Waals surface area contributed by atoms with E-state index in [2.05, 4.69) is 56.3 Å². The van der Waals surface area contributed by atoms with Gasteiger partial charge in [0.15, 0.2) is 0 Å². The van der Waals surface area contributed by atoms with Crippen LogP contribution in [-0.4, -0.2) is 24.5 Å². The topological polar surface area (TPSA) is 75.0 Å². The standard InChI is InChI=1S/C43H31N5O2.2Pt/c1-26-10-12-44-39(18-26)31-14-28(3)16-35(20-31)49-33-6-8-37-38-9-7-34(23-42(38)48(41(37)22-33)43-46-24-30(5)25-47-43)50-36-17-29(4)15-32(21-36)40-19-27(2)11-13-45-40;;/h6-19,24-25H,1-5H3;;/q-4;2*+2. The normalized spacial score (nSPS) is 10.9. The molecule has 0 saturated carbocycles. The van der Waals surface area contributed by atoms with Crippen LogP contribution in [0.3, 0.4) is 0 Å². The van der Waals surface area contributed by atoms with Crippen LogP contribution in [0.2, 0.25) is 0 Å². The van der Waals surface area contributed by atoms with Gasteiger partial charge in [-0.15, -0.1) is 58.7 Å². The number of aromatic nitrogens is 5. The van der Waals surface area contributed by atoms with Crippen LogP contribution in [-0.2, 0) is 42.1 Å². The maximum atomic E-state index is 6.40. The monoisotopic (exact) mass is 1040 g/mol. The molecule has 9 heteroatoms. The zero-order valence-electron chi connectivity index (χ0n) is 28.9. The van der Waals surface area contributed by atoms with Gasteiger partial charge in [-0.05, 0) is 49.9 Å². The number of ether oxygens (including phenoxy) is 2. The van der Waals surface area contributed by atoms with E-state index in [-0.39, 0.29) is 42.1 Å². The summed E-state index contributed by atoms with van der Waals surface area (Å²) in [4.78, 5) is 18.4. The van der Waals surface area contributed by atoms with E-state index in [1.54, 1.807) is 12.4 Å². The summed E-state index contributed by atoms with van der Waals surface area (Å²) in [6.07, 6.45) is 7.21. The molecule has 0 unspecified atom stereocenters. The molecule has 0 saturated heterocycles. The third kappa shape index (κ3) is 7.62. The summed E-state index contributed by atoms with van der Waals surface area (Å²) in [6, 6.07) is 37.7. The molecule has 8 aromatic rings. The quantitative estimate of drug-likeness (QED) is 0.148. The van der Waals surface area contributed by atoms with Gasteiger partial charge in [0.05, 0.1) is 0 Å². The fourth-order valence-corrected chi connectivity index (χ4v) is 6.00. The fraction of sp³-hybridized carbons (Fsp3) is 0.116. The minimum Gasteiger partial charge on any atom is -0.503 e. The predicted molar refractivity (Wildman–Crippen MR) is 195 cm³/mol. The summed E-state index contributed by atoms with van der Waals surface area (Å²) >= 11 is 0. The van der Waals surface area contributed by atoms with E-state index >= 15 is 0 Å². The number of hydrogen-bond donors (Lipinski definition) is 0. The minimum atomic E-state index is 0. The number of nitrogens with zero attached hydrogens (tertiary/aromatic N) is 5. The number of fused-ring (bicyclic) bond motifs is 3. The van der Waals surface area contributed by atoms with Crippen molar-refractivity contribution in [3.8, 4) is 51.5 Å². The van der Waals surface area contributed by atoms with Crippen molar-refractivity contribution in [3.63, 3.8) is 0 Å². The number of hydrogen-bond acceptors (Lipinski definition) is 6. The molecule has 4 aromatic heterocycles. The molecule has 52 heavy (non-hydrogen) atoms. The Hall–Kier alpha value is -4.96. The fourth-order valence-electron chi connectivity index (χ4n) is 6.00. The van der Waals surface area contributed by atoms with Crippen LogP contribution in [0.4, 0.5) is 0 Å². The molecule has 0 amide bonds. The summed E-state index contributed by atoms with van der Waals surface area (Å²) in [6.45, 7) is 10.1. The predicted octanol–water partition coefficient (Wildman–Crippen LogP) is 10.0. The van der Waals surface area contributed by atoms with Gasteiger partial charge in [-0.3, -0.25) is 0 Å². The van der Waals surface area contributed by atoms with Crippen LogP contribution in [0.1, 0.15) is 27.8 Å². The van der Waals surface area contributed by atoms with Crippen LogP contribution in [0, 0.1) is 58.9 Å². The Morgan fingerprint density at radius 2 is 0.923 bits per heavy atom. The van der Waals surface area contributed by atoms with Gasteiger partial charge < -0.3 is 24.0 Å². The van der Waals surface area contributed by atoms with E-state index in [4.69, 9.17) is 9.47 Å². The smallest absolute Gasteiger partial charge is 0.503 e. The molecule has 0 aliphatic carbocycles. The van der Waals surface area contributed by atoms with Crippen molar-refractivity contribution in [3.05, 3.63) is 150 Å². The molecule has 0 fully saturated rings. The largest absolute Gasteiger partial charge is 2.00 e. The second kappa shape index (κ2) is 15.3. The molecule has 0 bridgehead atoms. The average Bonchev–Trinajstić information content (AvgIpc) is 3.41. The van der Waals surface area contributed by atoms with Crippen molar-refractivity contribution >= 4 is 21.8 Å². The first-order valence-corrected chi connectivity index (χ1v) is 16.3. The Bertz CT molecular complexity index is 2410. The summed E-state index contributed by atoms with van der Waals surface area (Å²) < 4.78 is 14.7. The second-order valence-corrected chi connectivity index (χ2v) is 12.6. The van der Waals surface area contributed by atoms with Gasteiger partial charge in [-0.1, -0.05) is 72.4 Å². The van der Waals surface area contributed by atoms with E-state index < -0.39 is 0 Å². The third-order valence-electron chi connectivity index (χ3n) is 8.30. The Kier molecular flexibility index (Phi) is 10.9. The van der Waals surface area contributed by atoms with Gasteiger partial charge in [0, 0.05) is 47.8 Å². The first kappa shape index (κ1) is 36.8. The van der Waals surface area contributed by atoms with Crippen LogP contribution in [0.15, 0.2) is 97.6 Å². The van der Waals surface area contributed by atoms with E-state index in [0.717, 1.165) is 72.1 Å². The molecule has 260 valence electrons. The Morgan fingerprint density at radius 3 is 1.37 bits per heavy atom. The van der Waals surface area contributed by atoms with Crippen molar-refractivity contribution in [1.29, 1.82) is 0 Å². The molecular weight excluding hydrogens is 1010 g/mol. The van der Waals surface area contributed by atoms with E-state index in [0.29, 0.717) is 28.9 Å². The van der Waals surface area contributed by atoms with Crippen LogP contribution >= 0.6 is 0 Å². The van der Waals surface area contributed by atoms with Gasteiger partial charge in [0.25, 0.3) is 0 Å². The van der Waals surface area contributed by atoms with Crippen molar-refractivity contribution < 1.29 is 51.6 Å². The van der Waals surface area contributed by atoms with Gasteiger partial charge >= 0.3 is 42.1 Å². The Morgan fingerprint density at radius 1 is 0.462 bits per heavy atom. The van der Waals surface area contributed by atoms with Crippen LogP contribution < -0.4 is 9.47 Å². The first-order valence-electron chi connectivity index (χ1n) is 16.3. The zero-order valence-corrected chi connectivity index (χ0v) is 33.5. The summed E-state index contributed by atoms with van der Waals surface area (Å²) in [5, 5.41) is 1.90. The van der Waals surface area contributed by atoms with Gasteiger partial charge in [-0.25, -0.2) is 9.97 Å². The SMILES string of the molecule is Cc1cnc(-n2c3[c-]c(Oc4[c-]c(-c5cc(C)ccn5)cc(C)c4)ccc3c3ccc(Oc4[c-]c(-c5cc(C)ccn5)cc(C)c4)[c-]c32)nc1.[Pt+2].[Pt+2]. The zero-order chi connectivity index (χ0) is 34.4. The van der Waals surface area contributed by atoms with Crippen LogP contribution in [0.25, 0.3) is 50.3 Å². The molecule has 0 spiro atoms. The van der Waals surface area contributed by atoms with E-state index in [9.17, 15) is 0 Å². The summed E-state index contributed by atoms with van der Waals surface area (Å²) in [7, 11) is 0. The Balaban J connectivity index is 0.00000232. The molecule has 4 heterocycles. The average molecular weight is 1040 g/mol. The van der Waals surface area contributed by atoms with Gasteiger partial charge in [0.1, 0.15) is 0 Å². The molecule has 7 nitrogen and oxygen atoms in total. The molecular formula is C43H31N5O2Pt2. The van der Waals surface area contributed by atoms with Gasteiger partial charge in [-0.2, -0.15) is 22.9 Å². The molecule has 0 radical (unpaired) electrons. The molecule has 4 aromatic carbocycles. The van der Waals surface area contributed by atoms with Gasteiger partial charge in [0.2, 0.25) is 5.95 Å². The van der Waals surface area contributed by atoms with Crippen molar-refractivity contribution in [2.75, 3.05) is 0 Å². The van der Waals surface area contributed by atoms with E-state index in [1.165, 1.54) is 0 Å². The van der Waals surface area contributed by atoms with Crippen molar-refractivity contribution in [2.45, 2.75) is 34.6 Å². The number of pyridine rings is 2. The minimum absolute atomic E-state index is 0. The molecule has 0 aliphatic rings. The summed E-state index contributed by atoms with van der Waals surface area (Å²) in [5.41, 5.74) is 10.2. The van der Waals surface area contributed by atoms with Crippen LogP contribution in [0.5, 0.6) is 23.0 Å². The maximum absolute atomic E-state index is 6.40. The van der Waals surface area contributed by atoms with Crippen molar-refractivity contribution in [1.82, 2.24) is 24.5 Å². The number of aryl methyl sites for hydroxylation is 5.